The van der Waals surface area contributed by atoms with E-state index in [9.17, 15) is 5.26 Å². The second-order valence-corrected chi connectivity index (χ2v) is 3.91. The molecule has 0 fully saturated rings. The van der Waals surface area contributed by atoms with Gasteiger partial charge in [-0.05, 0) is 13.8 Å². The molecule has 0 bridgehead atoms. The Balaban J connectivity index is 3.41. The van der Waals surface area contributed by atoms with E-state index in [1.54, 1.807) is 4.90 Å². The number of hydrogen-bond acceptors (Lipinski definition) is 6. The Morgan fingerprint density at radius 1 is 1.22 bits per heavy atom. The smallest absolute Gasteiger partial charge is 0.238 e. The number of methoxy groups -OCH3 is 1. The topological polar surface area (TPSA) is 65.3 Å². The fraction of sp³-hybridized carbons (Fsp3) is 0.583. The molecule has 0 atom stereocenters. The number of hydrogen-bond donors (Lipinski definition) is 0. The molecule has 1 rings (SSSR count). The van der Waals surface area contributed by atoms with Crippen molar-refractivity contribution in [2.45, 2.75) is 13.8 Å². The minimum absolute atomic E-state index is 0.318. The van der Waals surface area contributed by atoms with Gasteiger partial charge in [-0.2, -0.15) is 15.2 Å². The summed E-state index contributed by atoms with van der Waals surface area (Å²) in [4.78, 5) is 12.5. The standard InChI is InChI=1S/C12H19N5O/c1-6-17(7-2)12-14-10(16(3)4)9(8-13)11(15-12)18-5/h6-7H2,1-5H3. The first-order chi connectivity index (χ1) is 8.58. The van der Waals surface area contributed by atoms with Crippen molar-refractivity contribution < 1.29 is 4.74 Å². The maximum Gasteiger partial charge on any atom is 0.238 e. The Kier molecular flexibility index (Phi) is 4.72. The first kappa shape index (κ1) is 14.0. The van der Waals surface area contributed by atoms with Crippen molar-refractivity contribution in [2.24, 2.45) is 0 Å². The highest BCUT2D eigenvalue weighted by Crippen LogP contribution is 2.26. The van der Waals surface area contributed by atoms with Gasteiger partial charge in [-0.15, -0.1) is 0 Å². The van der Waals surface area contributed by atoms with Crippen LogP contribution < -0.4 is 14.5 Å². The van der Waals surface area contributed by atoms with Gasteiger partial charge in [0.2, 0.25) is 11.8 Å². The third kappa shape index (κ3) is 2.62. The molecule has 6 nitrogen and oxygen atoms in total. The van der Waals surface area contributed by atoms with Crippen LogP contribution in [-0.4, -0.2) is 44.3 Å². The lowest BCUT2D eigenvalue weighted by atomic mass is 10.3. The normalized spacial score (nSPS) is 9.78. The molecule has 0 spiro atoms. The van der Waals surface area contributed by atoms with E-state index in [4.69, 9.17) is 4.74 Å². The fourth-order valence-electron chi connectivity index (χ4n) is 1.63. The van der Waals surface area contributed by atoms with Gasteiger partial charge >= 0.3 is 0 Å². The van der Waals surface area contributed by atoms with Crippen LogP contribution in [0.2, 0.25) is 0 Å². The van der Waals surface area contributed by atoms with Crippen LogP contribution in [0.1, 0.15) is 19.4 Å². The third-order valence-corrected chi connectivity index (χ3v) is 2.62. The summed E-state index contributed by atoms with van der Waals surface area (Å²) >= 11 is 0. The van der Waals surface area contributed by atoms with Crippen LogP contribution in [-0.2, 0) is 0 Å². The summed E-state index contributed by atoms with van der Waals surface area (Å²) in [6.07, 6.45) is 0. The molecule has 98 valence electrons. The van der Waals surface area contributed by atoms with Crippen molar-refractivity contribution >= 4 is 11.8 Å². The molecule has 1 aromatic rings. The first-order valence-corrected chi connectivity index (χ1v) is 5.87. The molecule has 0 aliphatic heterocycles. The second kappa shape index (κ2) is 6.05. The number of nitriles is 1. The van der Waals surface area contributed by atoms with Crippen LogP contribution in [0.3, 0.4) is 0 Å². The predicted molar refractivity (Wildman–Crippen MR) is 71.2 cm³/mol. The lowest BCUT2D eigenvalue weighted by molar-refractivity contribution is 0.395. The van der Waals surface area contributed by atoms with E-state index in [-0.39, 0.29) is 0 Å². The maximum atomic E-state index is 9.17. The summed E-state index contributed by atoms with van der Waals surface area (Å²) < 4.78 is 5.18. The van der Waals surface area contributed by atoms with Gasteiger partial charge in [-0.1, -0.05) is 0 Å². The molecule has 1 heterocycles. The zero-order valence-electron chi connectivity index (χ0n) is 11.6. The molecule has 0 aromatic carbocycles. The highest BCUT2D eigenvalue weighted by atomic mass is 16.5. The molecule has 18 heavy (non-hydrogen) atoms. The van der Waals surface area contributed by atoms with E-state index in [2.05, 4.69) is 16.0 Å². The minimum Gasteiger partial charge on any atom is -0.480 e. The molecule has 0 N–H and O–H groups in total. The average molecular weight is 249 g/mol. The molecule has 0 saturated carbocycles. The van der Waals surface area contributed by atoms with Crippen LogP contribution in [0.15, 0.2) is 0 Å². The van der Waals surface area contributed by atoms with Gasteiger partial charge in [-0.25, -0.2) is 0 Å². The highest BCUT2D eigenvalue weighted by Gasteiger charge is 2.18. The monoisotopic (exact) mass is 249 g/mol. The highest BCUT2D eigenvalue weighted by molar-refractivity contribution is 5.60. The molecule has 1 aromatic heterocycles. The second-order valence-electron chi connectivity index (χ2n) is 3.91. The van der Waals surface area contributed by atoms with Crippen molar-refractivity contribution in [3.8, 4) is 11.9 Å². The van der Waals surface area contributed by atoms with Gasteiger partial charge in [0.1, 0.15) is 6.07 Å². The van der Waals surface area contributed by atoms with E-state index in [1.165, 1.54) is 7.11 Å². The van der Waals surface area contributed by atoms with Crippen molar-refractivity contribution in [3.63, 3.8) is 0 Å². The number of nitrogens with zero attached hydrogens (tertiary/aromatic N) is 5. The molecule has 0 aliphatic rings. The number of aromatic nitrogens is 2. The van der Waals surface area contributed by atoms with Crippen molar-refractivity contribution in [2.75, 3.05) is 44.1 Å². The lowest BCUT2D eigenvalue weighted by Gasteiger charge is -2.22. The van der Waals surface area contributed by atoms with Crippen LogP contribution in [0.25, 0.3) is 0 Å². The van der Waals surface area contributed by atoms with E-state index < -0.39 is 0 Å². The third-order valence-electron chi connectivity index (χ3n) is 2.62. The molecule has 6 heteroatoms. The average Bonchev–Trinajstić information content (AvgIpc) is 2.38. The van der Waals surface area contributed by atoms with Crippen molar-refractivity contribution in [3.05, 3.63) is 5.56 Å². The molecule has 0 amide bonds. The van der Waals surface area contributed by atoms with E-state index in [0.717, 1.165) is 13.1 Å². The quantitative estimate of drug-likeness (QED) is 0.783. The maximum absolute atomic E-state index is 9.17. The summed E-state index contributed by atoms with van der Waals surface area (Å²) in [5.74, 6) is 1.48. The Hall–Kier alpha value is -2.03. The Morgan fingerprint density at radius 2 is 1.83 bits per heavy atom. The number of rotatable bonds is 5. The number of ether oxygens (including phenoxy) is 1. The van der Waals surface area contributed by atoms with Gasteiger partial charge in [0.05, 0.1) is 7.11 Å². The summed E-state index contributed by atoms with van der Waals surface area (Å²) in [6, 6.07) is 2.09. The van der Waals surface area contributed by atoms with Gasteiger partial charge in [0.15, 0.2) is 11.4 Å². The lowest BCUT2D eigenvalue weighted by Crippen LogP contribution is -2.26. The van der Waals surface area contributed by atoms with Crippen LogP contribution in [0.4, 0.5) is 11.8 Å². The summed E-state index contributed by atoms with van der Waals surface area (Å²) in [5.41, 5.74) is 0.360. The fourth-order valence-corrected chi connectivity index (χ4v) is 1.63. The van der Waals surface area contributed by atoms with Gasteiger partial charge in [-0.3, -0.25) is 0 Å². The Morgan fingerprint density at radius 3 is 2.22 bits per heavy atom. The van der Waals surface area contributed by atoms with E-state index >= 15 is 0 Å². The van der Waals surface area contributed by atoms with E-state index in [0.29, 0.717) is 23.2 Å². The number of anilines is 2. The largest absolute Gasteiger partial charge is 0.480 e. The van der Waals surface area contributed by atoms with Gasteiger partial charge in [0, 0.05) is 27.2 Å². The molecule has 0 saturated heterocycles. The van der Waals surface area contributed by atoms with Crippen LogP contribution in [0, 0.1) is 11.3 Å². The zero-order chi connectivity index (χ0) is 13.7. The predicted octanol–water partition coefficient (Wildman–Crippen LogP) is 1.27. The SMILES string of the molecule is CCN(CC)c1nc(OC)c(C#N)c(N(C)C)n1. The minimum atomic E-state index is 0.318. The van der Waals surface area contributed by atoms with Gasteiger partial charge < -0.3 is 14.5 Å². The van der Waals surface area contributed by atoms with Crippen LogP contribution in [0.5, 0.6) is 5.88 Å². The molecule has 0 unspecified atom stereocenters. The van der Waals surface area contributed by atoms with E-state index in [1.807, 2.05) is 32.8 Å². The van der Waals surface area contributed by atoms with Gasteiger partial charge in [0.25, 0.3) is 0 Å². The Bertz CT molecular complexity index is 449. The molecular formula is C12H19N5O. The van der Waals surface area contributed by atoms with Crippen LogP contribution >= 0.6 is 0 Å². The molecular weight excluding hydrogens is 230 g/mol. The summed E-state index contributed by atoms with van der Waals surface area (Å²) in [7, 11) is 5.19. The van der Waals surface area contributed by atoms with Crippen molar-refractivity contribution in [1.82, 2.24) is 9.97 Å². The zero-order valence-corrected chi connectivity index (χ0v) is 11.6. The first-order valence-electron chi connectivity index (χ1n) is 5.87. The Labute approximate surface area is 108 Å². The summed E-state index contributed by atoms with van der Waals surface area (Å²) in [5, 5.41) is 9.17. The molecule has 0 aliphatic carbocycles. The van der Waals surface area contributed by atoms with Crippen molar-refractivity contribution in [1.29, 1.82) is 5.26 Å². The molecule has 0 radical (unpaired) electrons. The summed E-state index contributed by atoms with van der Waals surface area (Å²) in [6.45, 7) is 5.68.